The highest BCUT2D eigenvalue weighted by atomic mass is 16.1. The zero-order valence-corrected chi connectivity index (χ0v) is 9.84. The topological polar surface area (TPSA) is 75.7 Å². The van der Waals surface area contributed by atoms with Crippen LogP contribution >= 0.6 is 0 Å². The molecule has 0 saturated heterocycles. The molecule has 1 aromatic rings. The molecule has 0 unspecified atom stereocenters. The summed E-state index contributed by atoms with van der Waals surface area (Å²) in [5.74, 6) is 0.587. The summed E-state index contributed by atoms with van der Waals surface area (Å²) in [6.45, 7) is 3.02. The molecule has 0 amide bonds. The molecular weight excluding hydrogens is 204 g/mol. The molecule has 88 valence electrons. The van der Waals surface area contributed by atoms with Crippen molar-refractivity contribution in [2.45, 2.75) is 32.6 Å². The standard InChI is InChI=1S/C11H18N4O/c1-3-4-5-6-7-15(2)10-9(8-12)11(16)14-13-10/h3-7H2,1-2H3,(H2,13,14,16). The summed E-state index contributed by atoms with van der Waals surface area (Å²) < 4.78 is 0. The first kappa shape index (κ1) is 12.4. The van der Waals surface area contributed by atoms with Crippen LogP contribution < -0.4 is 10.5 Å². The van der Waals surface area contributed by atoms with E-state index in [1.165, 1.54) is 19.3 Å². The fourth-order valence-corrected chi connectivity index (χ4v) is 1.63. The van der Waals surface area contributed by atoms with Crippen molar-refractivity contribution in [2.24, 2.45) is 0 Å². The van der Waals surface area contributed by atoms with Gasteiger partial charge in [0.1, 0.15) is 11.9 Å². The van der Waals surface area contributed by atoms with Crippen molar-refractivity contribution in [2.75, 3.05) is 18.5 Å². The third kappa shape index (κ3) is 2.89. The summed E-state index contributed by atoms with van der Waals surface area (Å²) in [5, 5.41) is 14.0. The van der Waals surface area contributed by atoms with E-state index in [9.17, 15) is 4.79 Å². The lowest BCUT2D eigenvalue weighted by molar-refractivity contribution is 0.658. The highest BCUT2D eigenvalue weighted by molar-refractivity contribution is 5.51. The van der Waals surface area contributed by atoms with Gasteiger partial charge in [-0.3, -0.25) is 15.0 Å². The summed E-state index contributed by atoms with van der Waals surface area (Å²) in [7, 11) is 1.88. The van der Waals surface area contributed by atoms with E-state index in [4.69, 9.17) is 5.26 Å². The van der Waals surface area contributed by atoms with Crippen molar-refractivity contribution in [3.05, 3.63) is 15.9 Å². The SMILES string of the molecule is CCCCCCN(C)c1[nH][nH]c(=O)c1C#N. The number of nitriles is 1. The number of hydrogen-bond donors (Lipinski definition) is 2. The second kappa shape index (κ2) is 6.01. The Morgan fingerprint density at radius 3 is 2.69 bits per heavy atom. The Balaban J connectivity index is 2.56. The molecule has 0 saturated carbocycles. The number of anilines is 1. The number of hydrogen-bond acceptors (Lipinski definition) is 3. The molecular formula is C11H18N4O. The maximum atomic E-state index is 11.2. The van der Waals surface area contributed by atoms with Crippen molar-refractivity contribution < 1.29 is 0 Å². The summed E-state index contributed by atoms with van der Waals surface area (Å²) >= 11 is 0. The van der Waals surface area contributed by atoms with Crippen LogP contribution in [-0.2, 0) is 0 Å². The Kier molecular flexibility index (Phi) is 4.65. The quantitative estimate of drug-likeness (QED) is 0.718. The zero-order chi connectivity index (χ0) is 12.0. The van der Waals surface area contributed by atoms with E-state index in [2.05, 4.69) is 17.1 Å². The third-order valence-electron chi connectivity index (χ3n) is 2.60. The van der Waals surface area contributed by atoms with Crippen molar-refractivity contribution in [3.8, 4) is 6.07 Å². The molecule has 5 nitrogen and oxygen atoms in total. The van der Waals surface area contributed by atoms with E-state index in [1.54, 1.807) is 0 Å². The lowest BCUT2D eigenvalue weighted by atomic mass is 10.2. The maximum Gasteiger partial charge on any atom is 0.284 e. The minimum absolute atomic E-state index is 0.165. The number of H-pyrrole nitrogens is 2. The molecule has 1 heterocycles. The number of rotatable bonds is 6. The van der Waals surface area contributed by atoms with Crippen LogP contribution in [0.4, 0.5) is 5.82 Å². The minimum atomic E-state index is -0.349. The van der Waals surface area contributed by atoms with Gasteiger partial charge in [0.25, 0.3) is 5.56 Å². The van der Waals surface area contributed by atoms with Crippen LogP contribution in [0.1, 0.15) is 38.2 Å². The monoisotopic (exact) mass is 222 g/mol. The van der Waals surface area contributed by atoms with Gasteiger partial charge in [-0.05, 0) is 6.42 Å². The highest BCUT2D eigenvalue weighted by Crippen LogP contribution is 2.11. The summed E-state index contributed by atoms with van der Waals surface area (Å²) in [6, 6.07) is 1.91. The number of nitrogens with zero attached hydrogens (tertiary/aromatic N) is 2. The molecule has 16 heavy (non-hydrogen) atoms. The smallest absolute Gasteiger partial charge is 0.284 e. The number of aromatic nitrogens is 2. The molecule has 0 aliphatic rings. The first-order valence-corrected chi connectivity index (χ1v) is 5.62. The van der Waals surface area contributed by atoms with Gasteiger partial charge in [-0.1, -0.05) is 26.2 Å². The van der Waals surface area contributed by atoms with Gasteiger partial charge in [-0.15, -0.1) is 0 Å². The Morgan fingerprint density at radius 1 is 1.31 bits per heavy atom. The van der Waals surface area contributed by atoms with Gasteiger partial charge in [0.2, 0.25) is 0 Å². The third-order valence-corrected chi connectivity index (χ3v) is 2.60. The van der Waals surface area contributed by atoms with Crippen LogP contribution in [0, 0.1) is 11.3 Å². The molecule has 2 N–H and O–H groups in total. The molecule has 0 aromatic carbocycles. The molecule has 1 aromatic heterocycles. The van der Waals surface area contributed by atoms with E-state index in [-0.39, 0.29) is 11.1 Å². The first-order valence-electron chi connectivity index (χ1n) is 5.62. The van der Waals surface area contributed by atoms with Gasteiger partial charge in [-0.2, -0.15) is 5.26 Å². The van der Waals surface area contributed by atoms with Crippen LogP contribution in [0.15, 0.2) is 4.79 Å². The molecule has 0 aliphatic carbocycles. The second-order valence-electron chi connectivity index (χ2n) is 3.90. The van der Waals surface area contributed by atoms with E-state index in [0.29, 0.717) is 5.82 Å². The van der Waals surface area contributed by atoms with Crippen LogP contribution in [0.2, 0.25) is 0 Å². The van der Waals surface area contributed by atoms with Crippen LogP contribution in [0.25, 0.3) is 0 Å². The molecule has 5 heteroatoms. The average molecular weight is 222 g/mol. The predicted molar refractivity (Wildman–Crippen MR) is 63.5 cm³/mol. The molecule has 0 bridgehead atoms. The molecule has 0 fully saturated rings. The summed E-state index contributed by atoms with van der Waals surface area (Å²) in [5.41, 5.74) is -0.184. The van der Waals surface area contributed by atoms with Crippen LogP contribution in [0.3, 0.4) is 0 Å². The van der Waals surface area contributed by atoms with Gasteiger partial charge < -0.3 is 4.90 Å². The van der Waals surface area contributed by atoms with Crippen molar-refractivity contribution in [3.63, 3.8) is 0 Å². The van der Waals surface area contributed by atoms with Crippen molar-refractivity contribution in [1.82, 2.24) is 10.2 Å². The molecule has 0 radical (unpaired) electrons. The Labute approximate surface area is 95.1 Å². The number of unbranched alkanes of at least 4 members (excludes halogenated alkanes) is 3. The zero-order valence-electron chi connectivity index (χ0n) is 9.84. The molecule has 1 rings (SSSR count). The Bertz CT molecular complexity index is 412. The van der Waals surface area contributed by atoms with Gasteiger partial charge in [0.15, 0.2) is 5.56 Å². The average Bonchev–Trinajstić information content (AvgIpc) is 2.65. The number of nitrogens with one attached hydrogen (secondary N) is 2. The largest absolute Gasteiger partial charge is 0.359 e. The normalized spacial score (nSPS) is 10.1. The predicted octanol–water partition coefficient (Wildman–Crippen LogP) is 1.59. The Hall–Kier alpha value is -1.70. The van der Waals surface area contributed by atoms with Gasteiger partial charge in [0.05, 0.1) is 0 Å². The van der Waals surface area contributed by atoms with Crippen LogP contribution in [-0.4, -0.2) is 23.8 Å². The highest BCUT2D eigenvalue weighted by Gasteiger charge is 2.12. The van der Waals surface area contributed by atoms with E-state index >= 15 is 0 Å². The summed E-state index contributed by atoms with van der Waals surface area (Å²) in [6.07, 6.45) is 4.68. The lowest BCUT2D eigenvalue weighted by Gasteiger charge is -2.16. The number of aromatic amines is 2. The minimum Gasteiger partial charge on any atom is -0.359 e. The maximum absolute atomic E-state index is 11.2. The van der Waals surface area contributed by atoms with E-state index in [0.717, 1.165) is 13.0 Å². The van der Waals surface area contributed by atoms with Gasteiger partial charge in [-0.25, -0.2) is 0 Å². The van der Waals surface area contributed by atoms with E-state index < -0.39 is 0 Å². The fraction of sp³-hybridized carbons (Fsp3) is 0.636. The van der Waals surface area contributed by atoms with Crippen molar-refractivity contribution >= 4 is 5.82 Å². The van der Waals surface area contributed by atoms with E-state index in [1.807, 2.05) is 18.0 Å². The summed E-state index contributed by atoms with van der Waals surface area (Å²) in [4.78, 5) is 13.1. The van der Waals surface area contributed by atoms with Gasteiger partial charge in [0, 0.05) is 13.6 Å². The Morgan fingerprint density at radius 2 is 2.06 bits per heavy atom. The molecule has 0 atom stereocenters. The van der Waals surface area contributed by atoms with Crippen molar-refractivity contribution in [1.29, 1.82) is 5.26 Å². The second-order valence-corrected chi connectivity index (χ2v) is 3.90. The fourth-order valence-electron chi connectivity index (χ4n) is 1.63. The van der Waals surface area contributed by atoms with Crippen LogP contribution in [0.5, 0.6) is 0 Å². The molecule has 0 spiro atoms. The molecule has 0 aliphatic heterocycles. The first-order chi connectivity index (χ1) is 7.70. The lowest BCUT2D eigenvalue weighted by Crippen LogP contribution is -2.20. The van der Waals surface area contributed by atoms with Gasteiger partial charge >= 0.3 is 0 Å².